The number of hydrogen-bond donors (Lipinski definition) is 2. The molecule has 2 atom stereocenters. The highest BCUT2D eigenvalue weighted by molar-refractivity contribution is 7.61. The monoisotopic (exact) mass is 472 g/mol. The Bertz CT molecular complexity index is 1180. The largest absolute Gasteiger partial charge is 0.445 e. The zero-order chi connectivity index (χ0) is 23.6. The third-order valence-electron chi connectivity index (χ3n) is 4.97. The molecular weight excluding hydrogens is 447 g/mol. The summed E-state index contributed by atoms with van der Waals surface area (Å²) in [5, 5.41) is 5.82. The first kappa shape index (κ1) is 23.1. The number of carbonyl (C=O) groups excluding carboxylic acids is 1. The summed E-state index contributed by atoms with van der Waals surface area (Å²) in [7, 11) is -3.81. The van der Waals surface area contributed by atoms with Crippen molar-refractivity contribution in [2.45, 2.75) is 12.4 Å². The summed E-state index contributed by atoms with van der Waals surface area (Å²) in [6.07, 6.45) is -0.704. The van der Waals surface area contributed by atoms with E-state index in [1.165, 1.54) is 0 Å². The highest BCUT2D eigenvalue weighted by Gasteiger charge is 2.39. The molecule has 0 bridgehead atoms. The summed E-state index contributed by atoms with van der Waals surface area (Å²) in [5.74, 6) is -0.605. The summed E-state index contributed by atoms with van der Waals surface area (Å²) in [6.45, 7) is 0.0874. The molecule has 2 N–H and O–H groups in total. The lowest BCUT2D eigenvalue weighted by Crippen LogP contribution is -2.32. The number of para-hydroxylation sites is 2. The van der Waals surface area contributed by atoms with Crippen LogP contribution in [0.4, 0.5) is 10.5 Å². The molecular formula is C27H25N2O4P. The van der Waals surface area contributed by atoms with Gasteiger partial charge in [-0.15, -0.1) is 0 Å². The molecule has 0 radical (unpaired) electrons. The lowest BCUT2D eigenvalue weighted by molar-refractivity contribution is 0.138. The van der Waals surface area contributed by atoms with E-state index in [9.17, 15) is 9.36 Å². The molecule has 4 aromatic carbocycles. The van der Waals surface area contributed by atoms with Crippen molar-refractivity contribution in [2.75, 3.05) is 5.09 Å². The first-order valence-electron chi connectivity index (χ1n) is 10.8. The van der Waals surface area contributed by atoms with E-state index in [1.807, 2.05) is 72.8 Å². The number of amides is 1. The van der Waals surface area contributed by atoms with Crippen LogP contribution < -0.4 is 14.9 Å². The Morgan fingerprint density at radius 1 is 0.735 bits per heavy atom. The Morgan fingerprint density at radius 2 is 1.26 bits per heavy atom. The van der Waals surface area contributed by atoms with E-state index < -0.39 is 19.4 Å². The van der Waals surface area contributed by atoms with Gasteiger partial charge in [0.25, 0.3) is 0 Å². The van der Waals surface area contributed by atoms with E-state index in [0.29, 0.717) is 17.0 Å². The first-order valence-corrected chi connectivity index (χ1v) is 12.5. The van der Waals surface area contributed by atoms with Gasteiger partial charge in [0, 0.05) is 5.69 Å². The maximum absolute atomic E-state index is 14.5. The first-order chi connectivity index (χ1) is 16.6. The Hall–Kier alpha value is -4.02. The van der Waals surface area contributed by atoms with Gasteiger partial charge < -0.3 is 19.7 Å². The van der Waals surface area contributed by atoms with Crippen molar-refractivity contribution in [3.05, 3.63) is 132 Å². The minimum atomic E-state index is -3.81. The summed E-state index contributed by atoms with van der Waals surface area (Å²) in [5.41, 5.74) is 2.06. The van der Waals surface area contributed by atoms with E-state index in [-0.39, 0.29) is 6.61 Å². The van der Waals surface area contributed by atoms with Gasteiger partial charge in [0.2, 0.25) is 0 Å². The molecule has 0 aromatic heterocycles. The quantitative estimate of drug-likeness (QED) is 0.257. The van der Waals surface area contributed by atoms with Gasteiger partial charge in [0.15, 0.2) is 5.78 Å². The molecule has 7 heteroatoms. The zero-order valence-corrected chi connectivity index (χ0v) is 19.3. The molecule has 4 aromatic rings. The lowest BCUT2D eigenvalue weighted by atomic mass is 10.2. The van der Waals surface area contributed by atoms with E-state index in [2.05, 4.69) is 10.4 Å². The van der Waals surface area contributed by atoms with E-state index in [1.54, 1.807) is 48.5 Å². The van der Waals surface area contributed by atoms with Crippen molar-refractivity contribution >= 4 is 19.3 Å². The van der Waals surface area contributed by atoms with Crippen LogP contribution in [-0.2, 0) is 15.9 Å². The Balaban J connectivity index is 1.64. The molecule has 4 rings (SSSR count). The molecule has 0 aliphatic carbocycles. The number of nitrogens with one attached hydrogen (secondary N) is 2. The molecule has 0 aliphatic rings. The van der Waals surface area contributed by atoms with Gasteiger partial charge in [-0.2, -0.15) is 0 Å². The molecule has 0 saturated carbocycles. The molecule has 0 fully saturated rings. The van der Waals surface area contributed by atoms with Gasteiger partial charge >= 0.3 is 13.6 Å². The molecule has 2 unspecified atom stereocenters. The summed E-state index contributed by atoms with van der Waals surface area (Å²) in [4.78, 5) is 12.8. The number of alkyl carbamates (subject to hydrolysis) is 1. The Labute approximate surface area is 199 Å². The minimum absolute atomic E-state index is 0.0874. The van der Waals surface area contributed by atoms with Crippen LogP contribution >= 0.6 is 7.52 Å². The van der Waals surface area contributed by atoms with Gasteiger partial charge in [-0.1, -0.05) is 97.1 Å². The van der Waals surface area contributed by atoms with Gasteiger partial charge in [0.1, 0.15) is 12.4 Å². The summed E-state index contributed by atoms with van der Waals surface area (Å²) >= 11 is 0. The predicted molar refractivity (Wildman–Crippen MR) is 134 cm³/mol. The van der Waals surface area contributed by atoms with E-state index >= 15 is 0 Å². The van der Waals surface area contributed by atoms with Crippen LogP contribution in [0.15, 0.2) is 121 Å². The molecule has 0 saturated heterocycles. The van der Waals surface area contributed by atoms with Crippen LogP contribution in [0.5, 0.6) is 5.75 Å². The van der Waals surface area contributed by atoms with Crippen molar-refractivity contribution in [3.63, 3.8) is 0 Å². The van der Waals surface area contributed by atoms with Crippen LogP contribution in [0.25, 0.3) is 0 Å². The van der Waals surface area contributed by atoms with Crippen LogP contribution in [0.3, 0.4) is 0 Å². The number of benzene rings is 4. The maximum atomic E-state index is 14.5. The average Bonchev–Trinajstić information content (AvgIpc) is 2.88. The third-order valence-corrected chi connectivity index (χ3v) is 7.12. The number of carbonyl (C=O) groups is 1. The van der Waals surface area contributed by atoms with E-state index in [0.717, 1.165) is 5.56 Å². The SMILES string of the molecule is O=C(NC(c1ccccc1)P(=O)(Nc1ccccc1)Oc1ccccc1)OCc1ccccc1. The van der Waals surface area contributed by atoms with Crippen LogP contribution in [0, 0.1) is 0 Å². The number of anilines is 1. The van der Waals surface area contributed by atoms with Crippen molar-refractivity contribution in [1.29, 1.82) is 0 Å². The zero-order valence-electron chi connectivity index (χ0n) is 18.4. The van der Waals surface area contributed by atoms with Crippen molar-refractivity contribution < 1.29 is 18.6 Å². The van der Waals surface area contributed by atoms with Crippen molar-refractivity contribution in [3.8, 4) is 5.75 Å². The summed E-state index contributed by atoms with van der Waals surface area (Å²) < 4.78 is 25.9. The normalized spacial score (nSPS) is 13.2. The van der Waals surface area contributed by atoms with Crippen LogP contribution in [-0.4, -0.2) is 6.09 Å². The number of ether oxygens (including phenoxy) is 1. The predicted octanol–water partition coefficient (Wildman–Crippen LogP) is 7.00. The summed E-state index contributed by atoms with van der Waals surface area (Å²) in [6, 6.07) is 36.4. The molecule has 34 heavy (non-hydrogen) atoms. The second kappa shape index (κ2) is 11.2. The fourth-order valence-corrected chi connectivity index (χ4v) is 5.41. The fraction of sp³-hybridized carbons (Fsp3) is 0.0741. The molecule has 0 spiro atoms. The smallest absolute Gasteiger partial charge is 0.408 e. The van der Waals surface area contributed by atoms with Gasteiger partial charge in [-0.3, -0.25) is 4.57 Å². The number of rotatable bonds is 9. The second-order valence-electron chi connectivity index (χ2n) is 7.50. The lowest BCUT2D eigenvalue weighted by Gasteiger charge is -2.29. The van der Waals surface area contributed by atoms with Crippen LogP contribution in [0.2, 0.25) is 0 Å². The van der Waals surface area contributed by atoms with Crippen molar-refractivity contribution in [1.82, 2.24) is 5.32 Å². The molecule has 172 valence electrons. The van der Waals surface area contributed by atoms with E-state index in [4.69, 9.17) is 9.26 Å². The highest BCUT2D eigenvalue weighted by Crippen LogP contribution is 2.57. The van der Waals surface area contributed by atoms with Crippen molar-refractivity contribution in [2.24, 2.45) is 0 Å². The minimum Gasteiger partial charge on any atom is -0.445 e. The average molecular weight is 472 g/mol. The molecule has 6 nitrogen and oxygen atoms in total. The second-order valence-corrected chi connectivity index (χ2v) is 9.62. The Morgan fingerprint density at radius 3 is 1.88 bits per heavy atom. The van der Waals surface area contributed by atoms with Crippen LogP contribution in [0.1, 0.15) is 16.9 Å². The molecule has 1 amide bonds. The maximum Gasteiger partial charge on any atom is 0.408 e. The highest BCUT2D eigenvalue weighted by atomic mass is 31.2. The van der Waals surface area contributed by atoms with Gasteiger partial charge in [-0.05, 0) is 35.4 Å². The topological polar surface area (TPSA) is 76.7 Å². The Kier molecular flexibility index (Phi) is 7.63. The third kappa shape index (κ3) is 6.27. The molecule has 0 heterocycles. The number of hydrogen-bond acceptors (Lipinski definition) is 4. The fourth-order valence-electron chi connectivity index (χ4n) is 3.35. The van der Waals surface area contributed by atoms with Gasteiger partial charge in [0.05, 0.1) is 0 Å². The molecule has 0 aliphatic heterocycles. The standard InChI is InChI=1S/C27H25N2O4P/c30-27(32-21-22-13-5-1-6-14-22)28-26(23-15-7-2-8-16-23)34(31,29-24-17-9-3-10-18-24)33-25-19-11-4-12-20-25/h1-20,26H,21H2,(H,28,30)(H,29,31). The van der Waals surface area contributed by atoms with Gasteiger partial charge in [-0.25, -0.2) is 4.79 Å².